The fourth-order valence-electron chi connectivity index (χ4n) is 4.62. The van der Waals surface area contributed by atoms with E-state index < -0.39 is 5.60 Å². The van der Waals surface area contributed by atoms with Gasteiger partial charge in [0, 0.05) is 12.6 Å². The first-order chi connectivity index (χ1) is 14.8. The Bertz CT molecular complexity index is 885. The predicted molar refractivity (Wildman–Crippen MR) is 122 cm³/mol. The summed E-state index contributed by atoms with van der Waals surface area (Å²) in [6.45, 7) is 2.61. The molecule has 0 aromatic heterocycles. The van der Waals surface area contributed by atoms with E-state index in [1.54, 1.807) is 0 Å². The van der Waals surface area contributed by atoms with Gasteiger partial charge in [-0.25, -0.2) is 0 Å². The van der Waals surface area contributed by atoms with Crippen LogP contribution in [0.5, 0.6) is 5.75 Å². The zero-order valence-electron chi connectivity index (χ0n) is 17.5. The smallest absolute Gasteiger partial charge is 0.119 e. The zero-order valence-corrected chi connectivity index (χ0v) is 17.5. The molecule has 0 saturated carbocycles. The van der Waals surface area contributed by atoms with Gasteiger partial charge in [-0.1, -0.05) is 78.9 Å². The molecule has 156 valence electrons. The lowest BCUT2D eigenvalue weighted by atomic mass is 9.76. The first kappa shape index (κ1) is 20.6. The number of benzene rings is 3. The molecule has 1 heterocycles. The lowest BCUT2D eigenvalue weighted by molar-refractivity contribution is -0.0874. The van der Waals surface area contributed by atoms with Crippen LogP contribution < -0.4 is 4.74 Å². The highest BCUT2D eigenvalue weighted by atomic mass is 16.5. The van der Waals surface area contributed by atoms with Crippen molar-refractivity contribution in [1.29, 1.82) is 0 Å². The van der Waals surface area contributed by atoms with Gasteiger partial charge < -0.3 is 9.84 Å². The Kier molecular flexibility index (Phi) is 6.83. The zero-order chi connectivity index (χ0) is 20.7. The van der Waals surface area contributed by atoms with E-state index in [9.17, 15) is 5.11 Å². The van der Waals surface area contributed by atoms with Crippen LogP contribution in [0.4, 0.5) is 0 Å². The van der Waals surface area contributed by atoms with Crippen molar-refractivity contribution < 1.29 is 9.84 Å². The van der Waals surface area contributed by atoms with Gasteiger partial charge in [-0.2, -0.15) is 0 Å². The third-order valence-electron chi connectivity index (χ3n) is 6.14. The molecule has 30 heavy (non-hydrogen) atoms. The van der Waals surface area contributed by atoms with Crippen molar-refractivity contribution in [1.82, 2.24) is 4.90 Å². The monoisotopic (exact) mass is 401 g/mol. The van der Waals surface area contributed by atoms with Gasteiger partial charge in [0.1, 0.15) is 11.4 Å². The van der Waals surface area contributed by atoms with Crippen molar-refractivity contribution in [2.75, 3.05) is 19.7 Å². The number of piperidine rings is 1. The minimum atomic E-state index is -0.838. The molecule has 1 fully saturated rings. The third-order valence-corrected chi connectivity index (χ3v) is 6.14. The fraction of sp³-hybridized carbons (Fsp3) is 0.333. The minimum Gasteiger partial charge on any atom is -0.494 e. The molecule has 2 atom stereocenters. The number of ether oxygens (including phenoxy) is 1. The van der Waals surface area contributed by atoms with E-state index in [2.05, 4.69) is 41.3 Å². The van der Waals surface area contributed by atoms with Gasteiger partial charge in [0.25, 0.3) is 0 Å². The second kappa shape index (κ2) is 9.92. The molecule has 1 saturated heterocycles. The van der Waals surface area contributed by atoms with E-state index in [1.807, 2.05) is 54.6 Å². The average molecular weight is 402 g/mol. The number of hydrogen-bond donors (Lipinski definition) is 1. The van der Waals surface area contributed by atoms with E-state index in [0.717, 1.165) is 50.1 Å². The number of likely N-dealkylation sites (tertiary alicyclic amines) is 1. The van der Waals surface area contributed by atoms with Gasteiger partial charge in [0.15, 0.2) is 0 Å². The summed E-state index contributed by atoms with van der Waals surface area (Å²) >= 11 is 0. The quantitative estimate of drug-likeness (QED) is 0.536. The topological polar surface area (TPSA) is 32.7 Å². The SMILES string of the molecule is O[C@@]1(c2ccccc2)CCCN(CCCOc2ccccc2)[C@H]1Cc1ccccc1. The Hall–Kier alpha value is -2.62. The molecular formula is C27H31NO2. The van der Waals surface area contributed by atoms with E-state index in [-0.39, 0.29) is 6.04 Å². The maximum absolute atomic E-state index is 11.9. The fourth-order valence-corrected chi connectivity index (χ4v) is 4.62. The minimum absolute atomic E-state index is 0.0489. The van der Waals surface area contributed by atoms with Crippen molar-refractivity contribution in [2.24, 2.45) is 0 Å². The molecule has 3 nitrogen and oxygen atoms in total. The van der Waals surface area contributed by atoms with E-state index in [0.29, 0.717) is 6.61 Å². The van der Waals surface area contributed by atoms with Gasteiger partial charge in [-0.3, -0.25) is 4.90 Å². The molecule has 1 aliphatic rings. The molecule has 1 N–H and O–H groups in total. The Morgan fingerprint density at radius 2 is 1.50 bits per heavy atom. The predicted octanol–water partition coefficient (Wildman–Crippen LogP) is 5.05. The van der Waals surface area contributed by atoms with Crippen LogP contribution >= 0.6 is 0 Å². The largest absolute Gasteiger partial charge is 0.494 e. The van der Waals surface area contributed by atoms with E-state index in [4.69, 9.17) is 4.74 Å². The Balaban J connectivity index is 1.48. The molecule has 4 rings (SSSR count). The molecule has 0 spiro atoms. The van der Waals surface area contributed by atoms with Crippen LogP contribution in [0.2, 0.25) is 0 Å². The highest BCUT2D eigenvalue weighted by molar-refractivity contribution is 5.28. The Labute approximate surface area is 179 Å². The molecule has 3 heteroatoms. The molecule has 0 aliphatic carbocycles. The molecule has 0 radical (unpaired) electrons. The highest BCUT2D eigenvalue weighted by Gasteiger charge is 2.44. The second-order valence-electron chi connectivity index (χ2n) is 8.15. The number of aliphatic hydroxyl groups is 1. The van der Waals surface area contributed by atoms with Crippen molar-refractivity contribution in [3.63, 3.8) is 0 Å². The van der Waals surface area contributed by atoms with Crippen molar-refractivity contribution >= 4 is 0 Å². The summed E-state index contributed by atoms with van der Waals surface area (Å²) in [4.78, 5) is 2.47. The third kappa shape index (κ3) is 4.92. The normalized spacial score (nSPS) is 22.0. The van der Waals surface area contributed by atoms with Gasteiger partial charge in [-0.05, 0) is 55.5 Å². The standard InChI is InChI=1S/C27H31NO2/c29-27(24-14-6-2-7-15-24)18-10-19-28(26(27)22-23-12-4-1-5-13-23)20-11-21-30-25-16-8-3-9-17-25/h1-9,12-17,26,29H,10-11,18-22H2/t26-,27+/m0/s1. The molecule has 0 unspecified atom stereocenters. The molecule has 3 aromatic rings. The molecular weight excluding hydrogens is 370 g/mol. The molecule has 0 amide bonds. The van der Waals surface area contributed by atoms with Crippen LogP contribution in [0.3, 0.4) is 0 Å². The van der Waals surface area contributed by atoms with Gasteiger partial charge in [0.05, 0.1) is 6.61 Å². The maximum Gasteiger partial charge on any atom is 0.119 e. The molecule has 0 bridgehead atoms. The summed E-state index contributed by atoms with van der Waals surface area (Å²) in [5.74, 6) is 0.915. The lowest BCUT2D eigenvalue weighted by Crippen LogP contribution is -2.56. The van der Waals surface area contributed by atoms with Crippen molar-refractivity contribution in [2.45, 2.75) is 37.3 Å². The van der Waals surface area contributed by atoms with Crippen molar-refractivity contribution in [3.8, 4) is 5.75 Å². The number of nitrogens with zero attached hydrogens (tertiary/aromatic N) is 1. The maximum atomic E-state index is 11.9. The first-order valence-electron chi connectivity index (χ1n) is 11.0. The lowest BCUT2D eigenvalue weighted by Gasteiger charge is -2.47. The summed E-state index contributed by atoms with van der Waals surface area (Å²) in [5.41, 5.74) is 1.45. The van der Waals surface area contributed by atoms with Crippen molar-refractivity contribution in [3.05, 3.63) is 102 Å². The number of rotatable bonds is 8. The van der Waals surface area contributed by atoms with Gasteiger partial charge in [0.2, 0.25) is 0 Å². The highest BCUT2D eigenvalue weighted by Crippen LogP contribution is 2.38. The van der Waals surface area contributed by atoms with Gasteiger partial charge in [-0.15, -0.1) is 0 Å². The van der Waals surface area contributed by atoms with E-state index >= 15 is 0 Å². The van der Waals surface area contributed by atoms with Crippen LogP contribution in [-0.2, 0) is 12.0 Å². The molecule has 1 aliphatic heterocycles. The number of para-hydroxylation sites is 1. The van der Waals surface area contributed by atoms with Gasteiger partial charge >= 0.3 is 0 Å². The summed E-state index contributed by atoms with van der Waals surface area (Å²) in [6, 6.07) is 30.8. The van der Waals surface area contributed by atoms with Crippen LogP contribution in [0.15, 0.2) is 91.0 Å². The first-order valence-corrected chi connectivity index (χ1v) is 11.0. The summed E-state index contributed by atoms with van der Waals surface area (Å²) in [5, 5.41) is 11.9. The van der Waals surface area contributed by atoms with Crippen LogP contribution in [0, 0.1) is 0 Å². The summed E-state index contributed by atoms with van der Waals surface area (Å²) in [6.07, 6.45) is 3.57. The Morgan fingerprint density at radius 1 is 0.867 bits per heavy atom. The number of hydrogen-bond acceptors (Lipinski definition) is 3. The van der Waals surface area contributed by atoms with Crippen LogP contribution in [-0.4, -0.2) is 35.7 Å². The summed E-state index contributed by atoms with van der Waals surface area (Å²) < 4.78 is 5.90. The average Bonchev–Trinajstić information content (AvgIpc) is 2.81. The van der Waals surface area contributed by atoms with Crippen LogP contribution in [0.25, 0.3) is 0 Å². The second-order valence-corrected chi connectivity index (χ2v) is 8.15. The molecule has 3 aromatic carbocycles. The van der Waals surface area contributed by atoms with E-state index in [1.165, 1.54) is 5.56 Å². The Morgan fingerprint density at radius 3 is 2.20 bits per heavy atom. The van der Waals surface area contributed by atoms with Crippen LogP contribution in [0.1, 0.15) is 30.4 Å². The summed E-state index contributed by atoms with van der Waals surface area (Å²) in [7, 11) is 0.